The van der Waals surface area contributed by atoms with E-state index >= 15 is 0 Å². The third-order valence-electron chi connectivity index (χ3n) is 11.1. The molecular formula is C50H31N5O. The molecule has 56 heavy (non-hydrogen) atoms. The molecule has 0 saturated carbocycles. The van der Waals surface area contributed by atoms with Crippen LogP contribution < -0.4 is 0 Å². The van der Waals surface area contributed by atoms with Crippen molar-refractivity contribution in [1.29, 1.82) is 0 Å². The predicted molar refractivity (Wildman–Crippen MR) is 228 cm³/mol. The molecule has 0 aliphatic carbocycles. The topological polar surface area (TPSA) is 53.7 Å². The van der Waals surface area contributed by atoms with Crippen LogP contribution in [0.15, 0.2) is 192 Å². The van der Waals surface area contributed by atoms with E-state index in [1.54, 1.807) is 0 Å². The van der Waals surface area contributed by atoms with Crippen molar-refractivity contribution in [3.63, 3.8) is 0 Å². The van der Waals surface area contributed by atoms with Crippen molar-refractivity contribution in [2.24, 2.45) is 0 Å². The number of benzene rings is 8. The van der Waals surface area contributed by atoms with Crippen LogP contribution >= 0.6 is 0 Å². The van der Waals surface area contributed by atoms with Gasteiger partial charge in [-0.2, -0.15) is 0 Å². The van der Waals surface area contributed by atoms with Crippen molar-refractivity contribution in [3.05, 3.63) is 188 Å². The van der Waals surface area contributed by atoms with Gasteiger partial charge in [0.1, 0.15) is 11.2 Å². The van der Waals surface area contributed by atoms with E-state index in [1.165, 1.54) is 5.39 Å². The minimum atomic E-state index is 0.677. The zero-order chi connectivity index (χ0) is 36.7. The Hall–Kier alpha value is -7.70. The Bertz CT molecular complexity index is 3480. The number of nitrogens with zero attached hydrogens (tertiary/aromatic N) is 5. The number of hydrogen-bond acceptors (Lipinski definition) is 3. The van der Waals surface area contributed by atoms with Crippen LogP contribution in [0.2, 0.25) is 0 Å². The first kappa shape index (κ1) is 30.7. The Kier molecular flexibility index (Phi) is 6.53. The molecule has 0 aliphatic rings. The van der Waals surface area contributed by atoms with Crippen LogP contribution in [-0.2, 0) is 0 Å². The fourth-order valence-corrected chi connectivity index (χ4v) is 8.70. The van der Waals surface area contributed by atoms with Gasteiger partial charge in [-0.1, -0.05) is 121 Å². The van der Waals surface area contributed by atoms with Crippen LogP contribution in [0.3, 0.4) is 0 Å². The van der Waals surface area contributed by atoms with Gasteiger partial charge < -0.3 is 13.6 Å². The van der Waals surface area contributed by atoms with Gasteiger partial charge in [-0.3, -0.25) is 0 Å². The molecule has 12 rings (SSSR count). The molecule has 0 atom stereocenters. The molecule has 262 valence electrons. The number of hydrogen-bond donors (Lipinski definition) is 0. The Morgan fingerprint density at radius 2 is 1.05 bits per heavy atom. The summed E-state index contributed by atoms with van der Waals surface area (Å²) in [6.07, 6.45) is 0. The molecule has 0 unspecified atom stereocenters. The smallest absolute Gasteiger partial charge is 0.182 e. The van der Waals surface area contributed by atoms with Crippen LogP contribution in [0.25, 0.3) is 105 Å². The highest BCUT2D eigenvalue weighted by Gasteiger charge is 2.23. The summed E-state index contributed by atoms with van der Waals surface area (Å²) in [4.78, 5) is 5.27. The second-order valence-electron chi connectivity index (χ2n) is 14.2. The van der Waals surface area contributed by atoms with Crippen molar-refractivity contribution < 1.29 is 4.42 Å². The van der Waals surface area contributed by atoms with E-state index in [2.05, 4.69) is 155 Å². The maximum atomic E-state index is 6.60. The highest BCUT2D eigenvalue weighted by molar-refractivity contribution is 6.24. The highest BCUT2D eigenvalue weighted by Crippen LogP contribution is 2.42. The lowest BCUT2D eigenvalue weighted by Crippen LogP contribution is -2.02. The van der Waals surface area contributed by atoms with Crippen LogP contribution in [0, 0.1) is 0 Å². The van der Waals surface area contributed by atoms with E-state index in [4.69, 9.17) is 14.5 Å². The largest absolute Gasteiger partial charge is 0.455 e. The molecule has 0 spiro atoms. The molecule has 0 aliphatic heterocycles. The van der Waals surface area contributed by atoms with Gasteiger partial charge in [0.25, 0.3) is 0 Å². The molecule has 0 fully saturated rings. The van der Waals surface area contributed by atoms with Gasteiger partial charge in [-0.15, -0.1) is 5.10 Å². The summed E-state index contributed by atoms with van der Waals surface area (Å²) in [5, 5.41) is 12.0. The van der Waals surface area contributed by atoms with Crippen molar-refractivity contribution in [1.82, 2.24) is 23.9 Å². The third-order valence-corrected chi connectivity index (χ3v) is 11.1. The van der Waals surface area contributed by atoms with E-state index in [0.717, 1.165) is 94.2 Å². The summed E-state index contributed by atoms with van der Waals surface area (Å²) in [7, 11) is 0. The monoisotopic (exact) mass is 717 g/mol. The van der Waals surface area contributed by atoms with Gasteiger partial charge in [0.15, 0.2) is 11.6 Å². The zero-order valence-corrected chi connectivity index (χ0v) is 30.0. The molecule has 0 saturated heterocycles. The SMILES string of the molecule is c1ccc(-c2nc(-c3cccc4c5ccccc5n(-c5cccc(-n6c7ccccc7c7c8oc9ccccc9c8ccc76)c5)c34)n(-c3ccccc3)n2)cc1. The number of aromatic nitrogens is 5. The molecule has 0 bridgehead atoms. The molecule has 8 aromatic carbocycles. The quantitative estimate of drug-likeness (QED) is 0.178. The zero-order valence-electron chi connectivity index (χ0n) is 30.0. The van der Waals surface area contributed by atoms with Crippen molar-refractivity contribution >= 4 is 65.6 Å². The van der Waals surface area contributed by atoms with E-state index in [1.807, 2.05) is 47.1 Å². The Morgan fingerprint density at radius 1 is 0.429 bits per heavy atom. The summed E-state index contributed by atoms with van der Waals surface area (Å²) >= 11 is 0. The minimum absolute atomic E-state index is 0.677. The number of furan rings is 1. The predicted octanol–water partition coefficient (Wildman–Crippen LogP) is 12.7. The molecule has 0 radical (unpaired) electrons. The maximum Gasteiger partial charge on any atom is 0.182 e. The fraction of sp³-hybridized carbons (Fsp3) is 0. The molecular weight excluding hydrogens is 687 g/mol. The summed E-state index contributed by atoms with van der Waals surface area (Å²) in [6.45, 7) is 0. The first-order chi connectivity index (χ1) is 27.8. The Labute approximate surface area is 320 Å². The second-order valence-corrected chi connectivity index (χ2v) is 14.2. The van der Waals surface area contributed by atoms with Crippen molar-refractivity contribution in [2.45, 2.75) is 0 Å². The van der Waals surface area contributed by atoms with Gasteiger partial charge in [0.05, 0.1) is 33.1 Å². The fourth-order valence-electron chi connectivity index (χ4n) is 8.70. The molecule has 6 heteroatoms. The normalized spacial score (nSPS) is 11.9. The highest BCUT2D eigenvalue weighted by atomic mass is 16.3. The number of rotatable bonds is 5. The lowest BCUT2D eigenvalue weighted by atomic mass is 10.1. The average molecular weight is 718 g/mol. The molecule has 4 heterocycles. The first-order valence-electron chi connectivity index (χ1n) is 18.8. The van der Waals surface area contributed by atoms with E-state index in [-0.39, 0.29) is 0 Å². The van der Waals surface area contributed by atoms with Crippen molar-refractivity contribution in [2.75, 3.05) is 0 Å². The van der Waals surface area contributed by atoms with E-state index in [0.29, 0.717) is 5.82 Å². The van der Waals surface area contributed by atoms with Gasteiger partial charge >= 0.3 is 0 Å². The van der Waals surface area contributed by atoms with E-state index < -0.39 is 0 Å². The van der Waals surface area contributed by atoms with Crippen LogP contribution in [0.4, 0.5) is 0 Å². The van der Waals surface area contributed by atoms with E-state index in [9.17, 15) is 0 Å². The Balaban J connectivity index is 1.13. The third kappa shape index (κ3) is 4.44. The van der Waals surface area contributed by atoms with Crippen molar-refractivity contribution in [3.8, 4) is 39.8 Å². The van der Waals surface area contributed by atoms with Gasteiger partial charge in [-0.05, 0) is 66.7 Å². The first-order valence-corrected chi connectivity index (χ1v) is 18.8. The Morgan fingerprint density at radius 3 is 1.88 bits per heavy atom. The molecule has 4 aromatic heterocycles. The maximum absolute atomic E-state index is 6.60. The number of fused-ring (bicyclic) bond motifs is 10. The lowest BCUT2D eigenvalue weighted by molar-refractivity contribution is 0.673. The van der Waals surface area contributed by atoms with Crippen LogP contribution in [-0.4, -0.2) is 23.9 Å². The van der Waals surface area contributed by atoms with Gasteiger partial charge in [0.2, 0.25) is 0 Å². The lowest BCUT2D eigenvalue weighted by Gasteiger charge is -2.14. The molecule has 6 nitrogen and oxygen atoms in total. The van der Waals surface area contributed by atoms with Crippen LogP contribution in [0.1, 0.15) is 0 Å². The number of para-hydroxylation sites is 5. The second kappa shape index (κ2) is 11.9. The molecule has 12 aromatic rings. The standard InChI is InChI=1S/C50H31N5O/c1-3-15-32(16-4-1)49-51-50(55(52-49)33-17-5-2-6-18-33)41-25-14-24-38-36-21-7-10-26-42(36)54(47(38)41)35-20-13-19-34(31-35)53-43-27-11-8-23-40(43)46-44(53)30-29-39-37-22-9-12-28-45(37)56-48(39)46/h1-31H. The summed E-state index contributed by atoms with van der Waals surface area (Å²) < 4.78 is 13.3. The molecule has 0 N–H and O–H groups in total. The summed E-state index contributed by atoms with van der Waals surface area (Å²) in [5.41, 5.74) is 11.2. The van der Waals surface area contributed by atoms with Crippen LogP contribution in [0.5, 0.6) is 0 Å². The minimum Gasteiger partial charge on any atom is -0.455 e. The summed E-state index contributed by atoms with van der Waals surface area (Å²) in [6, 6.07) is 65.9. The average Bonchev–Trinajstić information content (AvgIpc) is 4.04. The molecule has 0 amide bonds. The van der Waals surface area contributed by atoms with Gasteiger partial charge in [-0.25, -0.2) is 9.67 Å². The van der Waals surface area contributed by atoms with Gasteiger partial charge in [0, 0.05) is 49.4 Å². The summed E-state index contributed by atoms with van der Waals surface area (Å²) in [5.74, 6) is 1.45.